The van der Waals surface area contributed by atoms with Crippen LogP contribution in [0.2, 0.25) is 0 Å². The van der Waals surface area contributed by atoms with Gasteiger partial charge in [-0.25, -0.2) is 4.79 Å². The van der Waals surface area contributed by atoms with E-state index in [4.69, 9.17) is 14.4 Å². The fourth-order valence-electron chi connectivity index (χ4n) is 3.67. The van der Waals surface area contributed by atoms with Crippen molar-refractivity contribution in [2.75, 3.05) is 13.1 Å². The van der Waals surface area contributed by atoms with E-state index in [-0.39, 0.29) is 0 Å². The smallest absolute Gasteiger partial charge is 0.475 e. The quantitative estimate of drug-likeness (QED) is 0.385. The molecule has 6 nitrogen and oxygen atoms in total. The van der Waals surface area contributed by atoms with Crippen molar-refractivity contribution < 1.29 is 27.6 Å². The minimum absolute atomic E-state index is 0.373. The summed E-state index contributed by atoms with van der Waals surface area (Å²) in [6.45, 7) is 4.25. The molecule has 0 saturated carbocycles. The molecule has 1 aromatic heterocycles. The van der Waals surface area contributed by atoms with Crippen LogP contribution in [-0.4, -0.2) is 40.5 Å². The molecule has 1 atom stereocenters. The number of hydrogen-bond donors (Lipinski definition) is 2. The first-order valence-electron chi connectivity index (χ1n) is 11.7. The van der Waals surface area contributed by atoms with Gasteiger partial charge in [0.25, 0.3) is 0 Å². The highest BCUT2D eigenvalue weighted by atomic mass is 19.4. The molecule has 2 heterocycles. The van der Waals surface area contributed by atoms with E-state index in [1.165, 1.54) is 63.4 Å². The summed E-state index contributed by atoms with van der Waals surface area (Å²) in [5, 5.41) is 14.6. The molecule has 1 aliphatic rings. The Kier molecular flexibility index (Phi) is 11.4. The molecular formula is C24H34F3N3O3. The van der Waals surface area contributed by atoms with Crippen LogP contribution in [0, 0.1) is 0 Å². The summed E-state index contributed by atoms with van der Waals surface area (Å²) in [5.74, 6) is -0.900. The van der Waals surface area contributed by atoms with Crippen LogP contribution in [0.1, 0.15) is 82.1 Å². The molecule has 1 aliphatic heterocycles. The lowest BCUT2D eigenvalue weighted by molar-refractivity contribution is -0.192. The van der Waals surface area contributed by atoms with E-state index in [0.29, 0.717) is 11.7 Å². The molecule has 0 amide bonds. The number of halogens is 3. The Hall–Kier alpha value is -2.42. The summed E-state index contributed by atoms with van der Waals surface area (Å²) < 4.78 is 37.2. The van der Waals surface area contributed by atoms with E-state index in [1.807, 2.05) is 0 Å². The number of hydrogen-bond acceptors (Lipinski definition) is 5. The maximum atomic E-state index is 10.6. The number of carboxylic acids is 1. The summed E-state index contributed by atoms with van der Waals surface area (Å²) in [7, 11) is 0. The summed E-state index contributed by atoms with van der Waals surface area (Å²) in [6.07, 6.45) is 8.12. The topological polar surface area (TPSA) is 88.3 Å². The maximum absolute atomic E-state index is 10.6. The molecule has 9 heteroatoms. The lowest BCUT2D eigenvalue weighted by Crippen LogP contribution is -2.21. The lowest BCUT2D eigenvalue weighted by Gasteiger charge is -2.03. The molecule has 1 aromatic carbocycles. The molecule has 0 radical (unpaired) electrons. The molecule has 0 aliphatic carbocycles. The number of alkyl halides is 3. The van der Waals surface area contributed by atoms with Crippen molar-refractivity contribution in [3.8, 4) is 11.4 Å². The average molecular weight is 470 g/mol. The normalized spacial score (nSPS) is 15.8. The highest BCUT2D eigenvalue weighted by Gasteiger charge is 2.38. The molecule has 1 saturated heterocycles. The average Bonchev–Trinajstić information content (AvgIpc) is 3.48. The number of aryl methyl sites for hydroxylation is 1. The Morgan fingerprint density at radius 3 is 2.24 bits per heavy atom. The van der Waals surface area contributed by atoms with Gasteiger partial charge in [0.2, 0.25) is 11.7 Å². The van der Waals surface area contributed by atoms with Crippen molar-refractivity contribution in [3.05, 3.63) is 35.7 Å². The summed E-state index contributed by atoms with van der Waals surface area (Å²) in [6, 6.07) is 8.68. The van der Waals surface area contributed by atoms with Crippen molar-refractivity contribution in [1.29, 1.82) is 0 Å². The predicted octanol–water partition coefficient (Wildman–Crippen LogP) is 6.13. The number of carboxylic acid groups (broad SMARTS) is 1. The van der Waals surface area contributed by atoms with E-state index in [2.05, 4.69) is 46.6 Å². The number of nitrogens with zero attached hydrogens (tertiary/aromatic N) is 2. The zero-order valence-electron chi connectivity index (χ0n) is 19.2. The van der Waals surface area contributed by atoms with Crippen LogP contribution >= 0.6 is 0 Å². The Morgan fingerprint density at radius 2 is 1.70 bits per heavy atom. The summed E-state index contributed by atoms with van der Waals surface area (Å²) >= 11 is 0. The molecule has 2 N–H and O–H groups in total. The summed E-state index contributed by atoms with van der Waals surface area (Å²) in [4.78, 5) is 13.5. The highest BCUT2D eigenvalue weighted by Crippen LogP contribution is 2.24. The van der Waals surface area contributed by atoms with Gasteiger partial charge in [0, 0.05) is 12.1 Å². The predicted molar refractivity (Wildman–Crippen MR) is 120 cm³/mol. The summed E-state index contributed by atoms with van der Waals surface area (Å²) in [5.41, 5.74) is 2.45. The minimum atomic E-state index is -5.08. The van der Waals surface area contributed by atoms with Gasteiger partial charge in [-0.2, -0.15) is 18.2 Å². The number of unbranched alkanes of at least 4 members (excludes halogenated alkanes) is 7. The van der Waals surface area contributed by atoms with E-state index in [0.717, 1.165) is 31.0 Å². The zero-order valence-corrected chi connectivity index (χ0v) is 19.2. The molecule has 0 bridgehead atoms. The van der Waals surface area contributed by atoms with Gasteiger partial charge in [-0.1, -0.05) is 81.3 Å². The maximum Gasteiger partial charge on any atom is 0.490 e. The Morgan fingerprint density at radius 1 is 1.09 bits per heavy atom. The zero-order chi connectivity index (χ0) is 24.1. The van der Waals surface area contributed by atoms with E-state index >= 15 is 0 Å². The number of carbonyl (C=O) groups is 1. The largest absolute Gasteiger partial charge is 0.490 e. The number of aliphatic carboxylic acids is 1. The third kappa shape index (κ3) is 9.94. The molecule has 0 spiro atoms. The van der Waals surface area contributed by atoms with E-state index in [1.54, 1.807) is 0 Å². The Labute approximate surface area is 193 Å². The van der Waals surface area contributed by atoms with Gasteiger partial charge in [-0.05, 0) is 31.4 Å². The molecule has 184 valence electrons. The molecule has 2 aromatic rings. The second-order valence-corrected chi connectivity index (χ2v) is 8.37. The van der Waals surface area contributed by atoms with Crippen LogP contribution in [0.25, 0.3) is 11.4 Å². The number of aromatic nitrogens is 2. The van der Waals surface area contributed by atoms with Gasteiger partial charge < -0.3 is 14.9 Å². The van der Waals surface area contributed by atoms with Gasteiger partial charge >= 0.3 is 12.1 Å². The number of nitrogens with one attached hydrogen (secondary N) is 1. The van der Waals surface area contributed by atoms with Gasteiger partial charge in [-0.15, -0.1) is 0 Å². The van der Waals surface area contributed by atoms with Crippen LogP contribution in [0.3, 0.4) is 0 Å². The van der Waals surface area contributed by atoms with E-state index in [9.17, 15) is 13.2 Å². The van der Waals surface area contributed by atoms with Crippen LogP contribution in [0.4, 0.5) is 13.2 Å². The van der Waals surface area contributed by atoms with Crippen LogP contribution < -0.4 is 5.32 Å². The third-order valence-corrected chi connectivity index (χ3v) is 5.62. The Balaban J connectivity index is 0.000000479. The van der Waals surface area contributed by atoms with Crippen LogP contribution in [0.15, 0.2) is 28.8 Å². The van der Waals surface area contributed by atoms with Crippen LogP contribution in [0.5, 0.6) is 0 Å². The highest BCUT2D eigenvalue weighted by molar-refractivity contribution is 5.73. The third-order valence-electron chi connectivity index (χ3n) is 5.62. The molecule has 1 unspecified atom stereocenters. The SMILES string of the molecule is CCCCCCCCCCc1ccc(-c2noc(C3CCNC3)n2)cc1.O=C(O)C(F)(F)F. The molecule has 33 heavy (non-hydrogen) atoms. The van der Waals surface area contributed by atoms with Crippen molar-refractivity contribution >= 4 is 5.97 Å². The molecular weight excluding hydrogens is 435 g/mol. The van der Waals surface area contributed by atoms with E-state index < -0.39 is 12.1 Å². The van der Waals surface area contributed by atoms with Crippen molar-refractivity contribution in [1.82, 2.24) is 15.5 Å². The van der Waals surface area contributed by atoms with Crippen molar-refractivity contribution in [2.24, 2.45) is 0 Å². The first-order chi connectivity index (χ1) is 15.8. The lowest BCUT2D eigenvalue weighted by atomic mass is 10.0. The van der Waals surface area contributed by atoms with Gasteiger partial charge in [0.05, 0.1) is 5.92 Å². The molecule has 3 rings (SSSR count). The fourth-order valence-corrected chi connectivity index (χ4v) is 3.67. The minimum Gasteiger partial charge on any atom is -0.475 e. The van der Waals surface area contributed by atoms with Crippen molar-refractivity contribution in [3.63, 3.8) is 0 Å². The first kappa shape index (κ1) is 26.8. The number of rotatable bonds is 11. The van der Waals surface area contributed by atoms with Crippen LogP contribution in [-0.2, 0) is 11.2 Å². The number of benzene rings is 1. The van der Waals surface area contributed by atoms with Gasteiger partial charge in [-0.3, -0.25) is 0 Å². The Bertz CT molecular complexity index is 816. The monoisotopic (exact) mass is 469 g/mol. The second kappa shape index (κ2) is 14.0. The fraction of sp³-hybridized carbons (Fsp3) is 0.625. The molecule has 1 fully saturated rings. The van der Waals surface area contributed by atoms with Gasteiger partial charge in [0.1, 0.15) is 0 Å². The van der Waals surface area contributed by atoms with Gasteiger partial charge in [0.15, 0.2) is 0 Å². The van der Waals surface area contributed by atoms with Crippen molar-refractivity contribution in [2.45, 2.75) is 83.2 Å². The first-order valence-corrected chi connectivity index (χ1v) is 11.7. The second-order valence-electron chi connectivity index (χ2n) is 8.37. The standard InChI is InChI=1S/C22H33N3O.C2HF3O2/c1-2-3-4-5-6-7-8-9-10-18-11-13-19(14-12-18)21-24-22(26-25-21)20-15-16-23-17-20;3-2(4,5)1(6)7/h11-14,20,23H,2-10,15-17H2,1H3;(H,6,7).